The molecule has 94 valence electrons. The van der Waals surface area contributed by atoms with E-state index in [1.165, 1.54) is 6.26 Å². The Morgan fingerprint density at radius 2 is 2.41 bits per heavy atom. The Hall–Kier alpha value is -0.940. The Balaban J connectivity index is 2.05. The highest BCUT2D eigenvalue weighted by molar-refractivity contribution is 8.00. The summed E-state index contributed by atoms with van der Waals surface area (Å²) in [5.74, 6) is 0.171. The summed E-state index contributed by atoms with van der Waals surface area (Å²) in [6.45, 7) is 7.07. The number of rotatable bonds is 3. The number of carboxylic acids is 1. The normalized spacial score (nSPS) is 20.4. The van der Waals surface area contributed by atoms with Gasteiger partial charge in [-0.3, -0.25) is 4.90 Å². The second-order valence-corrected chi connectivity index (χ2v) is 6.70. The van der Waals surface area contributed by atoms with Crippen LogP contribution in [0.1, 0.15) is 30.0 Å². The van der Waals surface area contributed by atoms with Crippen molar-refractivity contribution in [1.29, 1.82) is 0 Å². The highest BCUT2D eigenvalue weighted by Crippen LogP contribution is 2.30. The predicted octanol–water partition coefficient (Wildman–Crippen LogP) is 2.31. The summed E-state index contributed by atoms with van der Waals surface area (Å²) in [6.07, 6.45) is 1.45. The van der Waals surface area contributed by atoms with Gasteiger partial charge >= 0.3 is 5.97 Å². The fraction of sp³-hybridized carbons (Fsp3) is 0.583. The number of hydrogen-bond acceptors (Lipinski definition) is 4. The largest absolute Gasteiger partial charge is 0.475 e. The molecule has 1 aliphatic rings. The second-order valence-electron chi connectivity index (χ2n) is 4.90. The first-order valence-corrected chi connectivity index (χ1v) is 6.62. The fourth-order valence-corrected chi connectivity index (χ4v) is 3.31. The van der Waals surface area contributed by atoms with Gasteiger partial charge in [0.15, 0.2) is 0 Å². The van der Waals surface area contributed by atoms with Gasteiger partial charge in [0.05, 0.1) is 6.26 Å². The molecular weight excluding hydrogens is 238 g/mol. The standard InChI is InChI=1S/C12H17NO3S/c1-12(2)8-13(4-6-17-12)7-9-3-5-16-10(9)11(14)15/h3,5H,4,6-8H2,1-2H3,(H,14,15). The molecule has 0 saturated carbocycles. The van der Waals surface area contributed by atoms with E-state index in [0.717, 1.165) is 24.4 Å². The third-order valence-electron chi connectivity index (χ3n) is 2.84. The third-order valence-corrected chi connectivity index (χ3v) is 4.14. The molecule has 0 aromatic carbocycles. The smallest absolute Gasteiger partial charge is 0.372 e. The number of thioether (sulfide) groups is 1. The molecule has 0 aliphatic carbocycles. The average Bonchev–Trinajstić information content (AvgIpc) is 2.64. The number of hydrogen-bond donors (Lipinski definition) is 1. The summed E-state index contributed by atoms with van der Waals surface area (Å²) in [7, 11) is 0. The van der Waals surface area contributed by atoms with Gasteiger partial charge in [0.25, 0.3) is 0 Å². The molecule has 2 rings (SSSR count). The van der Waals surface area contributed by atoms with Crippen LogP contribution in [0, 0.1) is 0 Å². The molecule has 1 fully saturated rings. The first-order valence-electron chi connectivity index (χ1n) is 5.64. The van der Waals surface area contributed by atoms with E-state index in [1.54, 1.807) is 6.07 Å². The van der Waals surface area contributed by atoms with Crippen molar-refractivity contribution in [3.63, 3.8) is 0 Å². The maximum atomic E-state index is 10.9. The van der Waals surface area contributed by atoms with Crippen LogP contribution in [-0.4, -0.2) is 39.6 Å². The number of aromatic carboxylic acids is 1. The lowest BCUT2D eigenvalue weighted by molar-refractivity contribution is 0.0659. The first kappa shape index (κ1) is 12.5. The average molecular weight is 255 g/mol. The van der Waals surface area contributed by atoms with Crippen LogP contribution in [0.15, 0.2) is 16.7 Å². The molecule has 2 heterocycles. The van der Waals surface area contributed by atoms with Crippen molar-refractivity contribution in [2.75, 3.05) is 18.8 Å². The summed E-state index contributed by atoms with van der Waals surface area (Å²) >= 11 is 1.97. The molecule has 1 saturated heterocycles. The van der Waals surface area contributed by atoms with E-state index >= 15 is 0 Å². The Kier molecular flexibility index (Phi) is 3.49. The Morgan fingerprint density at radius 1 is 1.65 bits per heavy atom. The van der Waals surface area contributed by atoms with Crippen molar-refractivity contribution in [2.24, 2.45) is 0 Å². The molecule has 17 heavy (non-hydrogen) atoms. The molecule has 4 nitrogen and oxygen atoms in total. The van der Waals surface area contributed by atoms with Crippen molar-refractivity contribution < 1.29 is 14.3 Å². The Bertz CT molecular complexity index is 414. The molecule has 1 N–H and O–H groups in total. The van der Waals surface area contributed by atoms with Crippen molar-refractivity contribution in [1.82, 2.24) is 4.90 Å². The molecule has 0 atom stereocenters. The number of carbonyl (C=O) groups is 1. The molecule has 5 heteroatoms. The van der Waals surface area contributed by atoms with Crippen LogP contribution in [0.2, 0.25) is 0 Å². The van der Waals surface area contributed by atoms with Gasteiger partial charge in [-0.1, -0.05) is 0 Å². The number of nitrogens with zero attached hydrogens (tertiary/aromatic N) is 1. The molecule has 0 amide bonds. The summed E-state index contributed by atoms with van der Waals surface area (Å²) < 4.78 is 5.23. The number of carboxylic acid groups (broad SMARTS) is 1. The first-order chi connectivity index (χ1) is 7.98. The van der Waals surface area contributed by atoms with Crippen LogP contribution in [0.25, 0.3) is 0 Å². The third kappa shape index (κ3) is 3.04. The molecule has 0 unspecified atom stereocenters. The SMILES string of the molecule is CC1(C)CN(Cc2ccoc2C(=O)O)CCS1. The van der Waals surface area contributed by atoms with Gasteiger partial charge in [-0.25, -0.2) is 4.79 Å². The lowest BCUT2D eigenvalue weighted by Gasteiger charge is -2.37. The highest BCUT2D eigenvalue weighted by Gasteiger charge is 2.28. The summed E-state index contributed by atoms with van der Waals surface area (Å²) in [5.41, 5.74) is 0.764. The van der Waals surface area contributed by atoms with E-state index in [1.807, 2.05) is 11.8 Å². The minimum absolute atomic E-state index is 0.0704. The zero-order valence-corrected chi connectivity index (χ0v) is 10.9. The molecular formula is C12H17NO3S. The van der Waals surface area contributed by atoms with E-state index in [0.29, 0.717) is 6.54 Å². The van der Waals surface area contributed by atoms with Crippen LogP contribution < -0.4 is 0 Å². The molecule has 0 bridgehead atoms. The van der Waals surface area contributed by atoms with Gasteiger partial charge in [-0.2, -0.15) is 11.8 Å². The lowest BCUT2D eigenvalue weighted by Crippen LogP contribution is -2.42. The summed E-state index contributed by atoms with van der Waals surface area (Å²) in [5, 5.41) is 8.97. The maximum absolute atomic E-state index is 10.9. The van der Waals surface area contributed by atoms with E-state index in [4.69, 9.17) is 9.52 Å². The zero-order valence-electron chi connectivity index (χ0n) is 10.1. The Labute approximate surface area is 105 Å². The molecule has 1 aromatic rings. The van der Waals surface area contributed by atoms with Gasteiger partial charge in [0, 0.05) is 35.7 Å². The van der Waals surface area contributed by atoms with Crippen molar-refractivity contribution in [3.05, 3.63) is 23.7 Å². The van der Waals surface area contributed by atoms with Crippen LogP contribution in [-0.2, 0) is 6.54 Å². The van der Waals surface area contributed by atoms with Gasteiger partial charge < -0.3 is 9.52 Å². The quantitative estimate of drug-likeness (QED) is 0.898. The predicted molar refractivity (Wildman–Crippen MR) is 67.5 cm³/mol. The minimum Gasteiger partial charge on any atom is -0.475 e. The van der Waals surface area contributed by atoms with Crippen LogP contribution in [0.5, 0.6) is 0 Å². The van der Waals surface area contributed by atoms with Gasteiger partial charge in [-0.15, -0.1) is 0 Å². The molecule has 1 aromatic heterocycles. The summed E-state index contributed by atoms with van der Waals surface area (Å²) in [6, 6.07) is 1.75. The van der Waals surface area contributed by atoms with Gasteiger partial charge in [-0.05, 0) is 19.9 Å². The van der Waals surface area contributed by atoms with E-state index in [-0.39, 0.29) is 10.5 Å². The molecule has 0 spiro atoms. The van der Waals surface area contributed by atoms with E-state index < -0.39 is 5.97 Å². The highest BCUT2D eigenvalue weighted by atomic mass is 32.2. The zero-order chi connectivity index (χ0) is 12.5. The molecule has 1 aliphatic heterocycles. The maximum Gasteiger partial charge on any atom is 0.372 e. The van der Waals surface area contributed by atoms with Crippen LogP contribution in [0.3, 0.4) is 0 Å². The minimum atomic E-state index is -0.990. The van der Waals surface area contributed by atoms with Crippen LogP contribution >= 0.6 is 11.8 Å². The number of furan rings is 1. The van der Waals surface area contributed by atoms with E-state index in [2.05, 4.69) is 18.7 Å². The van der Waals surface area contributed by atoms with Crippen molar-refractivity contribution >= 4 is 17.7 Å². The van der Waals surface area contributed by atoms with Gasteiger partial charge in [0.2, 0.25) is 5.76 Å². The lowest BCUT2D eigenvalue weighted by atomic mass is 10.1. The monoisotopic (exact) mass is 255 g/mol. The van der Waals surface area contributed by atoms with Gasteiger partial charge in [0.1, 0.15) is 0 Å². The van der Waals surface area contributed by atoms with Crippen molar-refractivity contribution in [3.8, 4) is 0 Å². The van der Waals surface area contributed by atoms with Crippen molar-refractivity contribution in [2.45, 2.75) is 25.1 Å². The molecule has 0 radical (unpaired) electrons. The topological polar surface area (TPSA) is 53.7 Å². The summed E-state index contributed by atoms with van der Waals surface area (Å²) in [4.78, 5) is 13.2. The van der Waals surface area contributed by atoms with E-state index in [9.17, 15) is 4.79 Å². The Morgan fingerprint density at radius 3 is 3.06 bits per heavy atom. The second kappa shape index (κ2) is 4.74. The fourth-order valence-electron chi connectivity index (χ4n) is 2.14. The van der Waals surface area contributed by atoms with Crippen LogP contribution in [0.4, 0.5) is 0 Å².